The minimum absolute atomic E-state index is 0.159. The van der Waals surface area contributed by atoms with Crippen molar-refractivity contribution in [3.05, 3.63) is 28.8 Å². The highest BCUT2D eigenvalue weighted by molar-refractivity contribution is 6.30. The molecule has 0 unspecified atom stereocenters. The van der Waals surface area contributed by atoms with Crippen LogP contribution in [0.5, 0.6) is 0 Å². The Kier molecular flexibility index (Phi) is 4.18. The predicted molar refractivity (Wildman–Crippen MR) is 79.7 cm³/mol. The van der Waals surface area contributed by atoms with Gasteiger partial charge in [0, 0.05) is 29.3 Å². The molecule has 18 heavy (non-hydrogen) atoms. The summed E-state index contributed by atoms with van der Waals surface area (Å²) in [6.07, 6.45) is 2.48. The summed E-state index contributed by atoms with van der Waals surface area (Å²) >= 11 is 6.04. The summed E-state index contributed by atoms with van der Waals surface area (Å²) in [7, 11) is 0. The van der Waals surface area contributed by atoms with E-state index in [1.165, 1.54) is 24.1 Å². The molecule has 0 radical (unpaired) electrons. The Balaban J connectivity index is 2.23. The van der Waals surface area contributed by atoms with Crippen LogP contribution in [0.3, 0.4) is 0 Å². The maximum absolute atomic E-state index is 6.04. The number of anilines is 1. The maximum Gasteiger partial charge on any atom is 0.0410 e. The van der Waals surface area contributed by atoms with Gasteiger partial charge in [-0.3, -0.25) is 0 Å². The Hall–Kier alpha value is -0.730. The highest BCUT2D eigenvalue weighted by atomic mass is 35.5. The SMILES string of the molecule is Cc1cc(Cl)ccc1N1CCCCNC(C)(C)C1. The van der Waals surface area contributed by atoms with E-state index in [2.05, 4.69) is 43.1 Å². The Labute approximate surface area is 115 Å². The molecule has 1 aromatic rings. The van der Waals surface area contributed by atoms with Crippen LogP contribution in [0.1, 0.15) is 32.3 Å². The molecule has 1 aliphatic heterocycles. The summed E-state index contributed by atoms with van der Waals surface area (Å²) in [5, 5.41) is 4.44. The van der Waals surface area contributed by atoms with Crippen LogP contribution in [-0.2, 0) is 0 Å². The van der Waals surface area contributed by atoms with Gasteiger partial charge in [-0.15, -0.1) is 0 Å². The van der Waals surface area contributed by atoms with Crippen molar-refractivity contribution in [3.63, 3.8) is 0 Å². The Bertz CT molecular complexity index is 415. The second kappa shape index (κ2) is 5.50. The van der Waals surface area contributed by atoms with E-state index in [-0.39, 0.29) is 5.54 Å². The third-order valence-corrected chi connectivity index (χ3v) is 3.78. The van der Waals surface area contributed by atoms with E-state index < -0.39 is 0 Å². The molecule has 1 aromatic carbocycles. The van der Waals surface area contributed by atoms with Gasteiger partial charge in [-0.2, -0.15) is 0 Å². The number of rotatable bonds is 1. The normalized spacial score (nSPS) is 20.3. The first-order chi connectivity index (χ1) is 8.48. The highest BCUT2D eigenvalue weighted by Crippen LogP contribution is 2.26. The Morgan fingerprint density at radius 3 is 2.78 bits per heavy atom. The fraction of sp³-hybridized carbons (Fsp3) is 0.600. The van der Waals surface area contributed by atoms with Crippen LogP contribution >= 0.6 is 11.6 Å². The zero-order chi connectivity index (χ0) is 13.2. The van der Waals surface area contributed by atoms with Gasteiger partial charge in [-0.1, -0.05) is 11.6 Å². The summed E-state index contributed by atoms with van der Waals surface area (Å²) < 4.78 is 0. The number of nitrogens with one attached hydrogen (secondary N) is 1. The van der Waals surface area contributed by atoms with Crippen LogP contribution in [0, 0.1) is 6.92 Å². The second-order valence-electron chi connectivity index (χ2n) is 5.87. The monoisotopic (exact) mass is 266 g/mol. The van der Waals surface area contributed by atoms with Crippen molar-refractivity contribution in [2.75, 3.05) is 24.5 Å². The fourth-order valence-electron chi connectivity index (χ4n) is 2.65. The van der Waals surface area contributed by atoms with E-state index in [9.17, 15) is 0 Å². The van der Waals surface area contributed by atoms with Crippen LogP contribution in [0.25, 0.3) is 0 Å². The summed E-state index contributed by atoms with van der Waals surface area (Å²) in [5.74, 6) is 0. The number of nitrogens with zero attached hydrogens (tertiary/aromatic N) is 1. The summed E-state index contributed by atoms with van der Waals surface area (Å²) in [6.45, 7) is 9.98. The molecule has 0 bridgehead atoms. The molecule has 1 N–H and O–H groups in total. The van der Waals surface area contributed by atoms with Crippen LogP contribution < -0.4 is 10.2 Å². The summed E-state index contributed by atoms with van der Waals surface area (Å²) in [5.41, 5.74) is 2.74. The highest BCUT2D eigenvalue weighted by Gasteiger charge is 2.23. The van der Waals surface area contributed by atoms with Crippen LogP contribution in [0.4, 0.5) is 5.69 Å². The zero-order valence-corrected chi connectivity index (χ0v) is 12.3. The van der Waals surface area contributed by atoms with Crippen LogP contribution in [-0.4, -0.2) is 25.2 Å². The molecule has 1 saturated heterocycles. The quantitative estimate of drug-likeness (QED) is 0.835. The lowest BCUT2D eigenvalue weighted by Crippen LogP contribution is -2.51. The van der Waals surface area contributed by atoms with Gasteiger partial charge in [0.05, 0.1) is 0 Å². The van der Waals surface area contributed by atoms with Gasteiger partial charge in [-0.05, 0) is 63.9 Å². The van der Waals surface area contributed by atoms with Crippen molar-refractivity contribution < 1.29 is 0 Å². The fourth-order valence-corrected chi connectivity index (χ4v) is 2.87. The first kappa shape index (κ1) is 13.7. The second-order valence-corrected chi connectivity index (χ2v) is 6.31. The first-order valence-electron chi connectivity index (χ1n) is 6.74. The number of halogens is 1. The van der Waals surface area contributed by atoms with E-state index in [1.54, 1.807) is 0 Å². The minimum Gasteiger partial charge on any atom is -0.369 e. The van der Waals surface area contributed by atoms with Gasteiger partial charge >= 0.3 is 0 Å². The van der Waals surface area contributed by atoms with Crippen LogP contribution in [0.2, 0.25) is 5.02 Å². The molecular formula is C15H23ClN2. The average Bonchev–Trinajstić information content (AvgIpc) is 2.24. The maximum atomic E-state index is 6.04. The van der Waals surface area contributed by atoms with Gasteiger partial charge < -0.3 is 10.2 Å². The van der Waals surface area contributed by atoms with Gasteiger partial charge in [0.1, 0.15) is 0 Å². The topological polar surface area (TPSA) is 15.3 Å². The summed E-state index contributed by atoms with van der Waals surface area (Å²) in [6, 6.07) is 6.19. The van der Waals surface area contributed by atoms with Crippen molar-refractivity contribution >= 4 is 17.3 Å². The van der Waals surface area contributed by atoms with Gasteiger partial charge in [-0.25, -0.2) is 0 Å². The zero-order valence-electron chi connectivity index (χ0n) is 11.6. The molecular weight excluding hydrogens is 244 g/mol. The molecule has 0 atom stereocenters. The standard InChI is InChI=1S/C15H23ClN2/c1-12-10-13(16)6-7-14(12)18-9-5-4-8-17-15(2,3)11-18/h6-7,10,17H,4-5,8-9,11H2,1-3H3. The molecule has 0 spiro atoms. The number of aryl methyl sites for hydroxylation is 1. The molecule has 0 aliphatic carbocycles. The lowest BCUT2D eigenvalue weighted by atomic mass is 10.0. The third kappa shape index (κ3) is 3.39. The predicted octanol–water partition coefficient (Wildman–Crippen LogP) is 3.62. The smallest absolute Gasteiger partial charge is 0.0410 e. The lowest BCUT2D eigenvalue weighted by Gasteiger charge is -2.38. The van der Waals surface area contributed by atoms with Crippen molar-refractivity contribution in [1.29, 1.82) is 0 Å². The van der Waals surface area contributed by atoms with Crippen molar-refractivity contribution in [2.24, 2.45) is 0 Å². The molecule has 100 valence electrons. The van der Waals surface area contributed by atoms with Gasteiger partial charge in [0.25, 0.3) is 0 Å². The summed E-state index contributed by atoms with van der Waals surface area (Å²) in [4.78, 5) is 2.48. The number of hydrogen-bond donors (Lipinski definition) is 1. The van der Waals surface area contributed by atoms with E-state index in [0.717, 1.165) is 24.7 Å². The molecule has 3 heteroatoms. The Morgan fingerprint density at radius 2 is 2.06 bits per heavy atom. The molecule has 0 amide bonds. The van der Waals surface area contributed by atoms with E-state index >= 15 is 0 Å². The molecule has 1 heterocycles. The molecule has 1 fully saturated rings. The Morgan fingerprint density at radius 1 is 1.28 bits per heavy atom. The van der Waals surface area contributed by atoms with Gasteiger partial charge in [0.15, 0.2) is 0 Å². The average molecular weight is 267 g/mol. The van der Waals surface area contributed by atoms with Crippen LogP contribution in [0.15, 0.2) is 18.2 Å². The first-order valence-corrected chi connectivity index (χ1v) is 7.12. The van der Waals surface area contributed by atoms with Crippen molar-refractivity contribution in [1.82, 2.24) is 5.32 Å². The minimum atomic E-state index is 0.159. The number of hydrogen-bond acceptors (Lipinski definition) is 2. The van der Waals surface area contributed by atoms with Crippen molar-refractivity contribution in [3.8, 4) is 0 Å². The van der Waals surface area contributed by atoms with Gasteiger partial charge in [0.2, 0.25) is 0 Å². The largest absolute Gasteiger partial charge is 0.369 e. The molecule has 2 nitrogen and oxygen atoms in total. The van der Waals surface area contributed by atoms with E-state index in [0.29, 0.717) is 0 Å². The lowest BCUT2D eigenvalue weighted by molar-refractivity contribution is 0.364. The molecule has 2 rings (SSSR count). The van der Waals surface area contributed by atoms with E-state index in [1.807, 2.05) is 6.07 Å². The third-order valence-electron chi connectivity index (χ3n) is 3.54. The molecule has 0 aromatic heterocycles. The van der Waals surface area contributed by atoms with Crippen molar-refractivity contribution in [2.45, 2.75) is 39.2 Å². The molecule has 0 saturated carbocycles. The molecule has 1 aliphatic rings. The number of benzene rings is 1. The van der Waals surface area contributed by atoms with E-state index in [4.69, 9.17) is 11.6 Å².